The van der Waals surface area contributed by atoms with Crippen molar-refractivity contribution in [2.45, 2.75) is 19.4 Å². The zero-order chi connectivity index (χ0) is 10.8. The lowest BCUT2D eigenvalue weighted by atomic mass is 10.1. The van der Waals surface area contributed by atoms with Gasteiger partial charge in [0.15, 0.2) is 0 Å². The molecule has 0 heterocycles. The fourth-order valence-corrected chi connectivity index (χ4v) is 1.32. The average Bonchev–Trinajstić information content (AvgIpc) is 2.05. The van der Waals surface area contributed by atoms with Crippen LogP contribution in [0.2, 0.25) is 0 Å². The second kappa shape index (κ2) is 4.28. The summed E-state index contributed by atoms with van der Waals surface area (Å²) in [4.78, 5) is 0. The van der Waals surface area contributed by atoms with E-state index in [4.69, 9.17) is 5.73 Å². The molecule has 1 aromatic rings. The predicted molar refractivity (Wildman–Crippen MR) is 60.9 cm³/mol. The maximum Gasteiger partial charge on any atom is 0.146 e. The lowest BCUT2D eigenvalue weighted by Gasteiger charge is -2.20. The van der Waals surface area contributed by atoms with Crippen LogP contribution in [0, 0.1) is 5.82 Å². The lowest BCUT2D eigenvalue weighted by Crippen LogP contribution is -2.39. The molecule has 0 aliphatic rings. The van der Waals surface area contributed by atoms with E-state index in [2.05, 4.69) is 21.2 Å². The maximum absolute atomic E-state index is 13.2. The van der Waals surface area contributed by atoms with Crippen molar-refractivity contribution in [3.8, 4) is 0 Å². The molecule has 0 saturated heterocycles. The highest BCUT2D eigenvalue weighted by Gasteiger charge is 2.11. The minimum atomic E-state index is -0.352. The van der Waals surface area contributed by atoms with Gasteiger partial charge in [-0.2, -0.15) is 0 Å². The summed E-state index contributed by atoms with van der Waals surface area (Å²) in [6.45, 7) is 4.30. The zero-order valence-electron chi connectivity index (χ0n) is 8.27. The van der Waals surface area contributed by atoms with Gasteiger partial charge in [-0.25, -0.2) is 4.39 Å². The summed E-state index contributed by atoms with van der Waals surface area (Å²) in [5.41, 5.74) is 5.89. The van der Waals surface area contributed by atoms with E-state index >= 15 is 0 Å². The maximum atomic E-state index is 13.2. The molecule has 0 aromatic heterocycles. The molecule has 3 N–H and O–H groups in total. The number of nitrogens with one attached hydrogen (secondary N) is 1. The van der Waals surface area contributed by atoms with E-state index in [0.29, 0.717) is 12.2 Å². The normalized spacial score (nSPS) is 11.5. The zero-order valence-corrected chi connectivity index (χ0v) is 9.86. The van der Waals surface area contributed by atoms with Crippen LogP contribution in [0.4, 0.5) is 10.1 Å². The largest absolute Gasteiger partial charge is 0.381 e. The average molecular weight is 261 g/mol. The van der Waals surface area contributed by atoms with Gasteiger partial charge >= 0.3 is 0 Å². The number of benzene rings is 1. The van der Waals surface area contributed by atoms with Crippen molar-refractivity contribution in [2.24, 2.45) is 5.73 Å². The molecule has 0 fully saturated rings. The first-order chi connectivity index (χ1) is 6.38. The van der Waals surface area contributed by atoms with Crippen molar-refractivity contribution in [1.29, 1.82) is 0 Å². The van der Waals surface area contributed by atoms with E-state index in [9.17, 15) is 4.39 Å². The van der Waals surface area contributed by atoms with E-state index in [-0.39, 0.29) is 11.4 Å². The highest BCUT2D eigenvalue weighted by molar-refractivity contribution is 9.10. The van der Waals surface area contributed by atoms with Crippen LogP contribution >= 0.6 is 15.9 Å². The third-order valence-corrected chi connectivity index (χ3v) is 2.16. The van der Waals surface area contributed by atoms with Gasteiger partial charge in [0.1, 0.15) is 5.82 Å². The van der Waals surface area contributed by atoms with Gasteiger partial charge in [-0.05, 0) is 32.0 Å². The number of halogens is 2. The van der Waals surface area contributed by atoms with E-state index in [1.807, 2.05) is 13.8 Å². The summed E-state index contributed by atoms with van der Waals surface area (Å²) < 4.78 is 14.1. The number of nitrogens with two attached hydrogens (primary N) is 1. The quantitative estimate of drug-likeness (QED) is 0.877. The molecule has 1 aromatic carbocycles. The highest BCUT2D eigenvalue weighted by atomic mass is 79.9. The first-order valence-electron chi connectivity index (χ1n) is 4.36. The molecule has 0 spiro atoms. The van der Waals surface area contributed by atoms with Crippen molar-refractivity contribution in [3.63, 3.8) is 0 Å². The molecule has 0 aliphatic carbocycles. The molecule has 0 unspecified atom stereocenters. The molecule has 14 heavy (non-hydrogen) atoms. The minimum absolute atomic E-state index is 0.266. The Morgan fingerprint density at radius 2 is 2.14 bits per heavy atom. The van der Waals surface area contributed by atoms with Gasteiger partial charge in [0.25, 0.3) is 0 Å². The molecule has 2 nitrogen and oxygen atoms in total. The Hall–Kier alpha value is -0.610. The van der Waals surface area contributed by atoms with Gasteiger partial charge in [-0.1, -0.05) is 15.9 Å². The molecular formula is C10H14BrFN2. The van der Waals surface area contributed by atoms with Crippen LogP contribution in [-0.2, 0) is 0 Å². The first kappa shape index (κ1) is 11.5. The lowest BCUT2D eigenvalue weighted by molar-refractivity contribution is 0.546. The standard InChI is InChI=1S/C10H14BrFN2/c1-10(2,13)6-14-9-5-7(11)3-4-8(9)12/h3-5,14H,6,13H2,1-2H3. The van der Waals surface area contributed by atoms with Crippen molar-refractivity contribution in [3.05, 3.63) is 28.5 Å². The van der Waals surface area contributed by atoms with Crippen LogP contribution in [-0.4, -0.2) is 12.1 Å². The van der Waals surface area contributed by atoms with Gasteiger partial charge in [0.05, 0.1) is 5.69 Å². The molecule has 0 aliphatic heterocycles. The Bertz CT molecular complexity index is 320. The summed E-state index contributed by atoms with van der Waals surface area (Å²) >= 11 is 3.28. The van der Waals surface area contributed by atoms with Gasteiger partial charge in [-0.3, -0.25) is 0 Å². The molecule has 0 bridgehead atoms. The third kappa shape index (κ3) is 3.64. The van der Waals surface area contributed by atoms with Crippen LogP contribution in [0.15, 0.2) is 22.7 Å². The van der Waals surface area contributed by atoms with E-state index in [0.717, 1.165) is 4.47 Å². The number of rotatable bonds is 3. The molecule has 4 heteroatoms. The van der Waals surface area contributed by atoms with Crippen LogP contribution < -0.4 is 11.1 Å². The molecule has 0 atom stereocenters. The smallest absolute Gasteiger partial charge is 0.146 e. The molecule has 0 radical (unpaired) electrons. The van der Waals surface area contributed by atoms with Crippen molar-refractivity contribution in [1.82, 2.24) is 0 Å². The van der Waals surface area contributed by atoms with Crippen molar-refractivity contribution in [2.75, 3.05) is 11.9 Å². The van der Waals surface area contributed by atoms with E-state index < -0.39 is 0 Å². The fraction of sp³-hybridized carbons (Fsp3) is 0.400. The summed E-state index contributed by atoms with van der Waals surface area (Å²) in [6.07, 6.45) is 0. The number of hydrogen-bond acceptors (Lipinski definition) is 2. The van der Waals surface area contributed by atoms with Gasteiger partial charge in [0.2, 0.25) is 0 Å². The van der Waals surface area contributed by atoms with Crippen molar-refractivity contribution < 1.29 is 4.39 Å². The number of hydrogen-bond donors (Lipinski definition) is 2. The fourth-order valence-electron chi connectivity index (χ4n) is 0.956. The monoisotopic (exact) mass is 260 g/mol. The van der Waals surface area contributed by atoms with Crippen LogP contribution in [0.5, 0.6) is 0 Å². The molecule has 78 valence electrons. The Labute approximate surface area is 91.8 Å². The third-order valence-electron chi connectivity index (χ3n) is 1.66. The molecular weight excluding hydrogens is 247 g/mol. The minimum Gasteiger partial charge on any atom is -0.381 e. The van der Waals surface area contributed by atoms with Crippen LogP contribution in [0.3, 0.4) is 0 Å². The Kier molecular flexibility index (Phi) is 3.50. The van der Waals surface area contributed by atoms with Crippen molar-refractivity contribution >= 4 is 21.6 Å². The first-order valence-corrected chi connectivity index (χ1v) is 5.15. The number of anilines is 1. The predicted octanol–water partition coefficient (Wildman–Crippen LogP) is 2.74. The second-order valence-corrected chi connectivity index (χ2v) is 4.88. The Morgan fingerprint density at radius 3 is 2.71 bits per heavy atom. The summed E-state index contributed by atoms with van der Waals surface area (Å²) in [5, 5.41) is 2.96. The topological polar surface area (TPSA) is 38.0 Å². The SMILES string of the molecule is CC(C)(N)CNc1cc(Br)ccc1F. The molecule has 0 saturated carbocycles. The van der Waals surface area contributed by atoms with Crippen LogP contribution in [0.1, 0.15) is 13.8 Å². The molecule has 1 rings (SSSR count). The summed E-state index contributed by atoms with van der Waals surface area (Å²) in [7, 11) is 0. The van der Waals surface area contributed by atoms with E-state index in [1.165, 1.54) is 6.07 Å². The summed E-state index contributed by atoms with van der Waals surface area (Å²) in [5.74, 6) is -0.266. The second-order valence-electron chi connectivity index (χ2n) is 3.97. The Morgan fingerprint density at radius 1 is 1.50 bits per heavy atom. The highest BCUT2D eigenvalue weighted by Crippen LogP contribution is 2.20. The van der Waals surface area contributed by atoms with E-state index in [1.54, 1.807) is 12.1 Å². The Balaban J connectivity index is 2.72. The summed E-state index contributed by atoms with van der Waals surface area (Å²) in [6, 6.07) is 4.77. The van der Waals surface area contributed by atoms with Gasteiger partial charge < -0.3 is 11.1 Å². The van der Waals surface area contributed by atoms with Gasteiger partial charge in [0, 0.05) is 16.6 Å². The van der Waals surface area contributed by atoms with Crippen LogP contribution in [0.25, 0.3) is 0 Å². The van der Waals surface area contributed by atoms with Gasteiger partial charge in [-0.15, -0.1) is 0 Å². The molecule has 0 amide bonds.